The van der Waals surface area contributed by atoms with Gasteiger partial charge in [0.25, 0.3) is 0 Å². The molecule has 20 heavy (non-hydrogen) atoms. The molecule has 0 bridgehead atoms. The second kappa shape index (κ2) is 7.75. The van der Waals surface area contributed by atoms with Crippen LogP contribution in [-0.4, -0.2) is 25.2 Å². The number of hydrogen-bond donors (Lipinski definition) is 3. The van der Waals surface area contributed by atoms with Gasteiger partial charge in [-0.3, -0.25) is 0 Å². The summed E-state index contributed by atoms with van der Waals surface area (Å²) in [5.74, 6) is 5.93. The van der Waals surface area contributed by atoms with Crippen molar-refractivity contribution in [1.29, 1.82) is 0 Å². The van der Waals surface area contributed by atoms with E-state index in [4.69, 9.17) is 5.84 Å². The van der Waals surface area contributed by atoms with E-state index in [2.05, 4.69) is 10.6 Å². The van der Waals surface area contributed by atoms with E-state index in [1.165, 1.54) is 19.3 Å². The van der Waals surface area contributed by atoms with Gasteiger partial charge in [0.2, 0.25) is 0 Å². The van der Waals surface area contributed by atoms with Gasteiger partial charge in [-0.15, -0.1) is 0 Å². The lowest BCUT2D eigenvalue weighted by molar-refractivity contribution is 0.233. The number of amides is 2. The van der Waals surface area contributed by atoms with Crippen molar-refractivity contribution in [2.75, 3.05) is 18.1 Å². The summed E-state index contributed by atoms with van der Waals surface area (Å²) in [5.41, 5.74) is 0.946. The molecule has 0 unspecified atom stereocenters. The summed E-state index contributed by atoms with van der Waals surface area (Å²) in [6.45, 7) is 1.12. The number of carbonyl (C=O) groups is 1. The predicted octanol–water partition coefficient (Wildman–Crippen LogP) is 2.00. The summed E-state index contributed by atoms with van der Waals surface area (Å²) in [6.07, 6.45) is 5.92. The summed E-state index contributed by atoms with van der Waals surface area (Å²) in [6, 6.07) is 9.99. The zero-order valence-corrected chi connectivity index (χ0v) is 11.8. The van der Waals surface area contributed by atoms with E-state index in [1.54, 1.807) is 5.01 Å². The zero-order chi connectivity index (χ0) is 14.2. The van der Waals surface area contributed by atoms with Crippen LogP contribution in [0.3, 0.4) is 0 Å². The van der Waals surface area contributed by atoms with Gasteiger partial charge in [0, 0.05) is 12.6 Å². The molecular formula is C15H24N4O. The average Bonchev–Trinajstić information content (AvgIpc) is 2.49. The molecule has 1 aromatic carbocycles. The highest BCUT2D eigenvalue weighted by atomic mass is 16.2. The quantitative estimate of drug-likeness (QED) is 0.569. The molecule has 0 heterocycles. The minimum atomic E-state index is -0.0849. The van der Waals surface area contributed by atoms with E-state index < -0.39 is 0 Å². The Labute approximate surface area is 120 Å². The highest BCUT2D eigenvalue weighted by Gasteiger charge is 2.15. The molecule has 0 aromatic heterocycles. The Kier molecular flexibility index (Phi) is 5.68. The van der Waals surface area contributed by atoms with Gasteiger partial charge in [-0.1, -0.05) is 37.5 Å². The normalized spacial score (nSPS) is 15.7. The number of carbonyl (C=O) groups excluding carboxylic acids is 1. The largest absolute Gasteiger partial charge is 0.336 e. The lowest BCUT2D eigenvalue weighted by atomic mass is 9.96. The summed E-state index contributed by atoms with van der Waals surface area (Å²) >= 11 is 0. The fraction of sp³-hybridized carbons (Fsp3) is 0.533. The molecule has 0 atom stereocenters. The average molecular weight is 276 g/mol. The van der Waals surface area contributed by atoms with Crippen LogP contribution in [0.1, 0.15) is 32.1 Å². The smallest absolute Gasteiger partial charge is 0.315 e. The van der Waals surface area contributed by atoms with E-state index >= 15 is 0 Å². The van der Waals surface area contributed by atoms with Crippen molar-refractivity contribution in [2.24, 2.45) is 5.84 Å². The Balaban J connectivity index is 1.63. The molecule has 0 spiro atoms. The van der Waals surface area contributed by atoms with Gasteiger partial charge in [0.15, 0.2) is 0 Å². The van der Waals surface area contributed by atoms with Crippen molar-refractivity contribution in [2.45, 2.75) is 38.1 Å². The molecule has 1 aliphatic rings. The number of anilines is 1. The first kappa shape index (κ1) is 14.7. The molecule has 1 saturated carbocycles. The van der Waals surface area contributed by atoms with Crippen LogP contribution in [0.4, 0.5) is 10.5 Å². The molecule has 5 heteroatoms. The minimum Gasteiger partial charge on any atom is -0.336 e. The molecule has 110 valence electrons. The maximum atomic E-state index is 11.7. The summed E-state index contributed by atoms with van der Waals surface area (Å²) in [5, 5.41) is 7.52. The topological polar surface area (TPSA) is 70.4 Å². The minimum absolute atomic E-state index is 0.0849. The van der Waals surface area contributed by atoms with Crippen LogP contribution >= 0.6 is 0 Å². The highest BCUT2D eigenvalue weighted by molar-refractivity contribution is 5.74. The van der Waals surface area contributed by atoms with E-state index in [0.29, 0.717) is 19.1 Å². The van der Waals surface area contributed by atoms with Gasteiger partial charge in [-0.25, -0.2) is 10.6 Å². The van der Waals surface area contributed by atoms with Crippen molar-refractivity contribution >= 4 is 11.7 Å². The molecule has 0 aliphatic heterocycles. The number of hydrogen-bond acceptors (Lipinski definition) is 3. The second-order valence-corrected chi connectivity index (χ2v) is 5.26. The Bertz CT molecular complexity index is 404. The fourth-order valence-corrected chi connectivity index (χ4v) is 2.52. The molecule has 0 saturated heterocycles. The maximum Gasteiger partial charge on any atom is 0.315 e. The van der Waals surface area contributed by atoms with E-state index in [9.17, 15) is 4.79 Å². The lowest BCUT2D eigenvalue weighted by Crippen LogP contribution is -2.46. The summed E-state index contributed by atoms with van der Waals surface area (Å²) in [7, 11) is 0. The monoisotopic (exact) mass is 276 g/mol. The van der Waals surface area contributed by atoms with Crippen LogP contribution in [0.25, 0.3) is 0 Å². The predicted molar refractivity (Wildman–Crippen MR) is 81.4 cm³/mol. The second-order valence-electron chi connectivity index (χ2n) is 5.26. The van der Waals surface area contributed by atoms with Gasteiger partial charge in [-0.2, -0.15) is 0 Å². The van der Waals surface area contributed by atoms with Gasteiger partial charge in [0.1, 0.15) is 0 Å². The Hall–Kier alpha value is -1.75. The Morgan fingerprint density at radius 2 is 1.90 bits per heavy atom. The number of nitrogens with one attached hydrogen (secondary N) is 2. The molecule has 1 aromatic rings. The molecule has 1 fully saturated rings. The maximum absolute atomic E-state index is 11.7. The first-order chi connectivity index (χ1) is 9.75. The third-order valence-electron chi connectivity index (χ3n) is 3.67. The number of nitrogens with two attached hydrogens (primary N) is 1. The third-order valence-corrected chi connectivity index (χ3v) is 3.67. The van der Waals surface area contributed by atoms with E-state index in [1.807, 2.05) is 30.3 Å². The van der Waals surface area contributed by atoms with Crippen molar-refractivity contribution in [1.82, 2.24) is 10.6 Å². The van der Waals surface area contributed by atoms with Crippen LogP contribution < -0.4 is 21.5 Å². The lowest BCUT2D eigenvalue weighted by Gasteiger charge is -2.23. The van der Waals surface area contributed by atoms with Crippen molar-refractivity contribution in [3.8, 4) is 0 Å². The van der Waals surface area contributed by atoms with Gasteiger partial charge < -0.3 is 15.6 Å². The van der Waals surface area contributed by atoms with Gasteiger partial charge in [0.05, 0.1) is 12.2 Å². The number of para-hydroxylation sites is 1. The van der Waals surface area contributed by atoms with Crippen molar-refractivity contribution in [3.63, 3.8) is 0 Å². The number of rotatable bonds is 5. The van der Waals surface area contributed by atoms with Crippen LogP contribution in [-0.2, 0) is 0 Å². The van der Waals surface area contributed by atoms with Gasteiger partial charge in [-0.05, 0) is 25.0 Å². The molecular weight excluding hydrogens is 252 g/mol. The van der Waals surface area contributed by atoms with Crippen LogP contribution in [0.5, 0.6) is 0 Å². The number of hydrazine groups is 1. The molecule has 4 N–H and O–H groups in total. The first-order valence-corrected chi connectivity index (χ1v) is 7.37. The van der Waals surface area contributed by atoms with Crippen molar-refractivity contribution in [3.05, 3.63) is 30.3 Å². The summed E-state index contributed by atoms with van der Waals surface area (Å²) < 4.78 is 0. The molecule has 2 amide bonds. The third kappa shape index (κ3) is 4.74. The molecule has 0 radical (unpaired) electrons. The number of benzene rings is 1. The Morgan fingerprint density at radius 1 is 1.20 bits per heavy atom. The van der Waals surface area contributed by atoms with Gasteiger partial charge >= 0.3 is 6.03 Å². The summed E-state index contributed by atoms with van der Waals surface area (Å²) in [4.78, 5) is 11.7. The van der Waals surface area contributed by atoms with Crippen LogP contribution in [0.2, 0.25) is 0 Å². The van der Waals surface area contributed by atoms with Crippen molar-refractivity contribution < 1.29 is 4.79 Å². The Morgan fingerprint density at radius 3 is 2.60 bits per heavy atom. The number of nitrogens with zero attached hydrogens (tertiary/aromatic N) is 1. The van der Waals surface area contributed by atoms with Crippen LogP contribution in [0, 0.1) is 0 Å². The molecule has 1 aliphatic carbocycles. The first-order valence-electron chi connectivity index (χ1n) is 7.37. The standard InChI is InChI=1S/C15H24N4O/c16-19(14-9-5-2-6-10-14)12-11-17-15(20)18-13-7-3-1-4-8-13/h2,5-6,9-10,13H,1,3-4,7-8,11-12,16H2,(H2,17,18,20). The fourth-order valence-electron chi connectivity index (χ4n) is 2.52. The number of urea groups is 1. The van der Waals surface area contributed by atoms with E-state index in [0.717, 1.165) is 18.5 Å². The molecule has 2 rings (SSSR count). The highest BCUT2D eigenvalue weighted by Crippen LogP contribution is 2.17. The van der Waals surface area contributed by atoms with Crippen LogP contribution in [0.15, 0.2) is 30.3 Å². The molecule has 5 nitrogen and oxygen atoms in total. The zero-order valence-electron chi connectivity index (χ0n) is 11.8. The SMILES string of the molecule is NN(CCNC(=O)NC1CCCCC1)c1ccccc1. The van der Waals surface area contributed by atoms with E-state index in [-0.39, 0.29) is 6.03 Å².